The molecular weight excluding hydrogens is 368 g/mol. The Kier molecular flexibility index (Phi) is 6.30. The second kappa shape index (κ2) is 8.66. The molecule has 4 nitrogen and oxygen atoms in total. The Labute approximate surface area is 151 Å². The fourth-order valence-electron chi connectivity index (χ4n) is 2.98. The van der Waals surface area contributed by atoms with Crippen molar-refractivity contribution in [3.05, 3.63) is 27.7 Å². The number of rotatable bonds is 3. The second-order valence-electron chi connectivity index (χ2n) is 6.22. The van der Waals surface area contributed by atoms with Crippen molar-refractivity contribution in [3.8, 4) is 11.8 Å². The van der Waals surface area contributed by atoms with E-state index in [4.69, 9.17) is 14.9 Å². The second-order valence-corrected chi connectivity index (χ2v) is 7.07. The highest BCUT2D eigenvalue weighted by atomic mass is 79.9. The number of hydrogen-bond acceptors (Lipinski definition) is 4. The van der Waals surface area contributed by atoms with Crippen LogP contribution >= 0.6 is 15.9 Å². The van der Waals surface area contributed by atoms with Crippen LogP contribution in [0.4, 0.5) is 5.69 Å². The largest absolute Gasteiger partial charge is 0.381 e. The number of ether oxygens (including phenoxy) is 2. The molecule has 0 saturated carbocycles. The normalized spacial score (nSPS) is 21.6. The molecule has 0 spiro atoms. The van der Waals surface area contributed by atoms with Crippen molar-refractivity contribution in [2.75, 3.05) is 25.1 Å². The van der Waals surface area contributed by atoms with Gasteiger partial charge in [-0.3, -0.25) is 0 Å². The van der Waals surface area contributed by atoms with E-state index in [0.717, 1.165) is 66.8 Å². The van der Waals surface area contributed by atoms with Crippen LogP contribution in [-0.2, 0) is 9.47 Å². The maximum absolute atomic E-state index is 7.65. The van der Waals surface area contributed by atoms with E-state index >= 15 is 0 Å². The first-order chi connectivity index (χ1) is 11.8. The monoisotopic (exact) mass is 390 g/mol. The van der Waals surface area contributed by atoms with Gasteiger partial charge in [0.05, 0.1) is 0 Å². The average molecular weight is 391 g/mol. The first-order valence-corrected chi connectivity index (χ1v) is 9.37. The summed E-state index contributed by atoms with van der Waals surface area (Å²) < 4.78 is 12.1. The highest BCUT2D eigenvalue weighted by Crippen LogP contribution is 2.27. The third-order valence-electron chi connectivity index (χ3n) is 4.42. The predicted molar refractivity (Wildman–Crippen MR) is 99.7 cm³/mol. The Bertz CT molecular complexity index is 639. The summed E-state index contributed by atoms with van der Waals surface area (Å²) in [4.78, 5) is 0. The van der Waals surface area contributed by atoms with E-state index in [9.17, 15) is 0 Å². The molecule has 0 bridgehead atoms. The summed E-state index contributed by atoms with van der Waals surface area (Å²) in [6.45, 7) is 2.41. The Morgan fingerprint density at radius 3 is 2.71 bits per heavy atom. The lowest BCUT2D eigenvalue weighted by Crippen LogP contribution is -2.27. The van der Waals surface area contributed by atoms with E-state index in [1.54, 1.807) is 0 Å². The Morgan fingerprint density at radius 1 is 1.17 bits per heavy atom. The highest BCUT2D eigenvalue weighted by Gasteiger charge is 2.16. The van der Waals surface area contributed by atoms with Crippen molar-refractivity contribution in [1.82, 2.24) is 0 Å². The van der Waals surface area contributed by atoms with Gasteiger partial charge >= 0.3 is 0 Å². The van der Waals surface area contributed by atoms with Crippen LogP contribution in [0.2, 0.25) is 0 Å². The molecule has 0 amide bonds. The lowest BCUT2D eigenvalue weighted by Gasteiger charge is -2.25. The minimum absolute atomic E-state index is 0.0231. The molecule has 2 N–H and O–H groups in total. The van der Waals surface area contributed by atoms with Crippen molar-refractivity contribution in [2.24, 2.45) is 5.92 Å². The summed E-state index contributed by atoms with van der Waals surface area (Å²) in [5.41, 5.74) is 2.70. The Morgan fingerprint density at radius 2 is 2.00 bits per heavy atom. The zero-order valence-corrected chi connectivity index (χ0v) is 15.3. The van der Waals surface area contributed by atoms with Gasteiger partial charge in [0.1, 0.15) is 6.23 Å². The molecule has 2 heterocycles. The van der Waals surface area contributed by atoms with E-state index in [2.05, 4.69) is 33.1 Å². The molecule has 2 saturated heterocycles. The Balaban J connectivity index is 1.79. The first kappa shape index (κ1) is 17.5. The quantitative estimate of drug-likeness (QED) is 0.601. The summed E-state index contributed by atoms with van der Waals surface area (Å²) in [5, 5.41) is 11.1. The third-order valence-corrected chi connectivity index (χ3v) is 5.08. The SMILES string of the molecule is N=Cc1cc(Br)c(C#CC2CCOCC2)cc1NC1CCCCO1. The van der Waals surface area contributed by atoms with Crippen LogP contribution in [0.3, 0.4) is 0 Å². The zero-order chi connectivity index (χ0) is 16.8. The molecular formula is C19H23BrN2O2. The van der Waals surface area contributed by atoms with E-state index in [1.807, 2.05) is 12.1 Å². The van der Waals surface area contributed by atoms with Crippen LogP contribution < -0.4 is 5.32 Å². The van der Waals surface area contributed by atoms with Gasteiger partial charge < -0.3 is 20.2 Å². The molecule has 5 heteroatoms. The number of hydrogen-bond donors (Lipinski definition) is 2. The van der Waals surface area contributed by atoms with E-state index in [1.165, 1.54) is 12.6 Å². The van der Waals surface area contributed by atoms with Gasteiger partial charge in [-0.2, -0.15) is 0 Å². The summed E-state index contributed by atoms with van der Waals surface area (Å²) in [7, 11) is 0. The minimum atomic E-state index is 0.0231. The fraction of sp³-hybridized carbons (Fsp3) is 0.526. The molecule has 1 aromatic rings. The predicted octanol–water partition coefficient (Wildman–Crippen LogP) is 4.16. The minimum Gasteiger partial charge on any atom is -0.381 e. The van der Waals surface area contributed by atoms with Gasteiger partial charge in [0.2, 0.25) is 0 Å². The molecule has 0 radical (unpaired) electrons. The van der Waals surface area contributed by atoms with Gasteiger partial charge in [-0.15, -0.1) is 0 Å². The van der Waals surface area contributed by atoms with E-state index < -0.39 is 0 Å². The lowest BCUT2D eigenvalue weighted by molar-refractivity contribution is 0.0343. The fourth-order valence-corrected chi connectivity index (χ4v) is 3.44. The van der Waals surface area contributed by atoms with Gasteiger partial charge in [-0.05, 0) is 60.2 Å². The molecule has 24 heavy (non-hydrogen) atoms. The standard InChI is InChI=1S/C19H23BrN2O2/c20-17-11-16(13-21)18(22-19-3-1-2-8-24-19)12-15(17)5-4-14-6-9-23-10-7-14/h11-14,19,21-22H,1-3,6-10H2. The number of halogens is 1. The molecule has 2 fully saturated rings. The van der Waals surface area contributed by atoms with Gasteiger partial charge in [0.15, 0.2) is 0 Å². The number of nitrogens with one attached hydrogen (secondary N) is 2. The van der Waals surface area contributed by atoms with Crippen LogP contribution in [-0.4, -0.2) is 32.3 Å². The maximum Gasteiger partial charge on any atom is 0.127 e. The third kappa shape index (κ3) is 4.60. The van der Waals surface area contributed by atoms with Crippen molar-refractivity contribution < 1.29 is 9.47 Å². The maximum atomic E-state index is 7.65. The summed E-state index contributed by atoms with van der Waals surface area (Å²) in [6.07, 6.45) is 6.69. The molecule has 1 unspecified atom stereocenters. The van der Waals surface area contributed by atoms with E-state index in [0.29, 0.717) is 5.92 Å². The van der Waals surface area contributed by atoms with Crippen LogP contribution in [0.25, 0.3) is 0 Å². The number of anilines is 1. The van der Waals surface area contributed by atoms with Gasteiger partial charge in [-0.25, -0.2) is 0 Å². The van der Waals surface area contributed by atoms with Crippen molar-refractivity contribution in [3.63, 3.8) is 0 Å². The molecule has 1 atom stereocenters. The lowest BCUT2D eigenvalue weighted by atomic mass is 10.0. The zero-order valence-electron chi connectivity index (χ0n) is 13.7. The van der Waals surface area contributed by atoms with Crippen LogP contribution in [0.15, 0.2) is 16.6 Å². The highest BCUT2D eigenvalue weighted by molar-refractivity contribution is 9.10. The average Bonchev–Trinajstić information content (AvgIpc) is 2.63. The van der Waals surface area contributed by atoms with Gasteiger partial charge in [-0.1, -0.05) is 11.8 Å². The van der Waals surface area contributed by atoms with Crippen molar-refractivity contribution >= 4 is 27.8 Å². The van der Waals surface area contributed by atoms with Crippen molar-refractivity contribution in [2.45, 2.75) is 38.3 Å². The summed E-state index contributed by atoms with van der Waals surface area (Å²) in [5.74, 6) is 7.08. The molecule has 0 aliphatic carbocycles. The summed E-state index contributed by atoms with van der Waals surface area (Å²) >= 11 is 3.58. The molecule has 2 aliphatic heterocycles. The van der Waals surface area contributed by atoms with Crippen LogP contribution in [0, 0.1) is 23.2 Å². The van der Waals surface area contributed by atoms with Gasteiger partial charge in [0.25, 0.3) is 0 Å². The summed E-state index contributed by atoms with van der Waals surface area (Å²) in [6, 6.07) is 3.97. The first-order valence-electron chi connectivity index (χ1n) is 8.57. The van der Waals surface area contributed by atoms with E-state index in [-0.39, 0.29) is 6.23 Å². The van der Waals surface area contributed by atoms with Crippen LogP contribution in [0.1, 0.15) is 43.2 Å². The molecule has 0 aromatic heterocycles. The molecule has 2 aliphatic rings. The smallest absolute Gasteiger partial charge is 0.127 e. The van der Waals surface area contributed by atoms with Crippen molar-refractivity contribution in [1.29, 1.82) is 5.41 Å². The molecule has 128 valence electrons. The number of benzene rings is 1. The topological polar surface area (TPSA) is 54.3 Å². The van der Waals surface area contributed by atoms with Crippen LogP contribution in [0.5, 0.6) is 0 Å². The molecule has 3 rings (SSSR count). The molecule has 1 aromatic carbocycles. The Hall–Kier alpha value is -1.35. The van der Waals surface area contributed by atoms with Gasteiger partial charge in [0, 0.05) is 53.2 Å².